The Bertz CT molecular complexity index is 2330. The van der Waals surface area contributed by atoms with Gasteiger partial charge in [0.05, 0.1) is 40.1 Å². The van der Waals surface area contributed by atoms with Gasteiger partial charge in [-0.05, 0) is 93.7 Å². The molecule has 2 saturated heterocycles. The Hall–Kier alpha value is -5.75. The van der Waals surface area contributed by atoms with E-state index in [2.05, 4.69) is 42.1 Å². The standard InChI is InChI=1S/C40H41N11O3S/c1-42-30-19-31(32-5-3-27-18-24(20-41)21-45-51(27)32)43-23-29(30)37-48-49-38(55-37)39-10-13-40(14-11-39,15-12-39)47-35(53)25-8-16-50(17-9-25)33-6-2-26(22-44-33)28-4-7-34(52)46-36(28)54/h2-3,5-6,18-19,21-23,25,28H,4,7-17H2,1H3,(H,42,43)(H,47,53)(H,46,52,54)/t28-,39?,40?/m1/s1. The zero-order valence-electron chi connectivity index (χ0n) is 30.5. The molecule has 2 bridgehead atoms. The number of nitrogens with one attached hydrogen (secondary N) is 3. The second-order valence-corrected chi connectivity index (χ2v) is 16.4. The van der Waals surface area contributed by atoms with Crippen LogP contribution in [0.1, 0.15) is 86.3 Å². The first kappa shape index (κ1) is 35.0. The van der Waals surface area contributed by atoms with Gasteiger partial charge in [-0.25, -0.2) is 9.50 Å². The van der Waals surface area contributed by atoms with Crippen molar-refractivity contribution in [1.29, 1.82) is 5.26 Å². The molecule has 280 valence electrons. The van der Waals surface area contributed by atoms with Gasteiger partial charge in [-0.2, -0.15) is 10.4 Å². The Labute approximate surface area is 321 Å². The van der Waals surface area contributed by atoms with Gasteiger partial charge in [0.2, 0.25) is 17.7 Å². The molecule has 3 amide bonds. The zero-order chi connectivity index (χ0) is 37.7. The van der Waals surface area contributed by atoms with Gasteiger partial charge in [0.1, 0.15) is 16.9 Å². The molecule has 0 radical (unpaired) electrons. The van der Waals surface area contributed by atoms with Crippen LogP contribution in [0.3, 0.4) is 0 Å². The highest BCUT2D eigenvalue weighted by molar-refractivity contribution is 7.14. The SMILES string of the molecule is CNc1cc(-c2ccc3cc(C#N)cnn23)ncc1-c1nnc(C23CCC(NC(=O)C4CCN(c5ccc([C@H]6CCC(=O)NC6=O)cn5)CC4)(CC2)CC3)s1. The number of carbonyl (C=O) groups excluding carboxylic acids is 3. The van der Waals surface area contributed by atoms with E-state index in [-0.39, 0.29) is 40.5 Å². The number of imide groups is 1. The van der Waals surface area contributed by atoms with Gasteiger partial charge in [0.25, 0.3) is 0 Å². The topological polar surface area (TPSA) is 183 Å². The fourth-order valence-electron chi connectivity index (χ4n) is 9.00. The summed E-state index contributed by atoms with van der Waals surface area (Å²) in [6.45, 7) is 1.49. The average Bonchev–Trinajstić information content (AvgIpc) is 3.90. The number of fused-ring (bicyclic) bond motifs is 4. The van der Waals surface area contributed by atoms with Gasteiger partial charge in [-0.15, -0.1) is 10.2 Å². The number of hydrogen-bond donors (Lipinski definition) is 3. The van der Waals surface area contributed by atoms with Gasteiger partial charge in [-0.3, -0.25) is 24.7 Å². The summed E-state index contributed by atoms with van der Waals surface area (Å²) in [5, 5.41) is 34.3. The Balaban J connectivity index is 0.809. The first-order valence-electron chi connectivity index (χ1n) is 19.0. The number of hydrogen-bond acceptors (Lipinski definition) is 12. The number of aromatic nitrogens is 6. The van der Waals surface area contributed by atoms with E-state index in [1.807, 2.05) is 43.6 Å². The monoisotopic (exact) mass is 755 g/mol. The van der Waals surface area contributed by atoms with Gasteiger partial charge >= 0.3 is 0 Å². The van der Waals surface area contributed by atoms with Crippen molar-refractivity contribution in [2.45, 2.75) is 81.1 Å². The van der Waals surface area contributed by atoms with Crippen LogP contribution in [-0.2, 0) is 19.8 Å². The van der Waals surface area contributed by atoms with Crippen molar-refractivity contribution >= 4 is 46.1 Å². The number of amides is 3. The number of anilines is 2. The molecule has 15 heteroatoms. The predicted octanol–water partition coefficient (Wildman–Crippen LogP) is 5.12. The smallest absolute Gasteiger partial charge is 0.234 e. The minimum Gasteiger partial charge on any atom is -0.387 e. The molecular formula is C40H41N11O3S. The molecule has 5 aromatic heterocycles. The Morgan fingerprint density at radius 1 is 0.964 bits per heavy atom. The third kappa shape index (κ3) is 6.37. The highest BCUT2D eigenvalue weighted by Crippen LogP contribution is 2.55. The zero-order valence-corrected chi connectivity index (χ0v) is 31.4. The summed E-state index contributed by atoms with van der Waals surface area (Å²) in [7, 11) is 1.89. The predicted molar refractivity (Wildman–Crippen MR) is 206 cm³/mol. The first-order chi connectivity index (χ1) is 26.7. The van der Waals surface area contributed by atoms with Crippen molar-refractivity contribution < 1.29 is 14.4 Å². The molecule has 55 heavy (non-hydrogen) atoms. The van der Waals surface area contributed by atoms with Crippen LogP contribution in [0.4, 0.5) is 11.5 Å². The molecule has 0 aromatic carbocycles. The molecule has 14 nitrogen and oxygen atoms in total. The molecule has 10 rings (SSSR count). The number of nitriles is 1. The maximum atomic E-state index is 13.7. The number of rotatable bonds is 8. The molecule has 5 aliphatic rings. The van der Waals surface area contributed by atoms with E-state index in [0.717, 1.165) is 114 Å². The lowest BCUT2D eigenvalue weighted by Gasteiger charge is -2.53. The van der Waals surface area contributed by atoms with Crippen molar-refractivity contribution in [3.05, 3.63) is 71.1 Å². The lowest BCUT2D eigenvalue weighted by Crippen LogP contribution is -2.59. The summed E-state index contributed by atoms with van der Waals surface area (Å²) in [6, 6.07) is 13.7. The van der Waals surface area contributed by atoms with Gasteiger partial charge in [0, 0.05) is 61.5 Å². The number of nitrogens with zero attached hydrogens (tertiary/aromatic N) is 8. The van der Waals surface area contributed by atoms with E-state index in [9.17, 15) is 19.6 Å². The molecular weight excluding hydrogens is 715 g/mol. The molecule has 5 aromatic rings. The van der Waals surface area contributed by atoms with Crippen LogP contribution in [0.5, 0.6) is 0 Å². The summed E-state index contributed by atoms with van der Waals surface area (Å²) in [5.74, 6) is 0.157. The number of pyridine rings is 2. The second kappa shape index (κ2) is 13.8. The largest absolute Gasteiger partial charge is 0.387 e. The minimum absolute atomic E-state index is 0.0273. The van der Waals surface area contributed by atoms with E-state index in [4.69, 9.17) is 10.1 Å². The lowest BCUT2D eigenvalue weighted by atomic mass is 9.57. The van der Waals surface area contributed by atoms with Crippen molar-refractivity contribution in [3.8, 4) is 28.0 Å². The molecule has 0 unspecified atom stereocenters. The molecule has 3 saturated carbocycles. The normalized spacial score (nSPS) is 24.1. The fourth-order valence-corrected chi connectivity index (χ4v) is 10.1. The first-order valence-corrected chi connectivity index (χ1v) is 19.8. The fraction of sp³-hybridized carbons (Fsp3) is 0.425. The Morgan fingerprint density at radius 3 is 2.47 bits per heavy atom. The van der Waals surface area contributed by atoms with E-state index >= 15 is 0 Å². The van der Waals surface area contributed by atoms with Crippen molar-refractivity contribution in [2.24, 2.45) is 5.92 Å². The summed E-state index contributed by atoms with van der Waals surface area (Å²) in [5.41, 5.74) is 5.35. The maximum Gasteiger partial charge on any atom is 0.234 e. The number of carbonyl (C=O) groups is 3. The molecule has 7 heterocycles. The van der Waals surface area contributed by atoms with Gasteiger partial charge < -0.3 is 15.5 Å². The second-order valence-electron chi connectivity index (χ2n) is 15.5. The number of piperidine rings is 2. The van der Waals surface area contributed by atoms with Crippen LogP contribution < -0.4 is 20.9 Å². The van der Waals surface area contributed by atoms with E-state index in [0.29, 0.717) is 18.4 Å². The highest BCUT2D eigenvalue weighted by atomic mass is 32.1. The molecule has 0 spiro atoms. The molecule has 3 aliphatic carbocycles. The summed E-state index contributed by atoms with van der Waals surface area (Å²) in [6.07, 6.45) is 13.2. The summed E-state index contributed by atoms with van der Waals surface area (Å²) >= 11 is 1.64. The molecule has 5 fully saturated rings. The van der Waals surface area contributed by atoms with Gasteiger partial charge in [-0.1, -0.05) is 17.4 Å². The van der Waals surface area contributed by atoms with Crippen molar-refractivity contribution in [2.75, 3.05) is 30.4 Å². The highest BCUT2D eigenvalue weighted by Gasteiger charge is 2.52. The average molecular weight is 756 g/mol. The minimum atomic E-state index is -0.348. The quantitative estimate of drug-likeness (QED) is 0.179. The molecule has 1 atom stereocenters. The van der Waals surface area contributed by atoms with Crippen LogP contribution in [0.25, 0.3) is 27.5 Å². The van der Waals surface area contributed by atoms with Crippen LogP contribution in [0.2, 0.25) is 0 Å². The third-order valence-corrected chi connectivity index (χ3v) is 13.6. The van der Waals surface area contributed by atoms with Crippen LogP contribution >= 0.6 is 11.3 Å². The summed E-state index contributed by atoms with van der Waals surface area (Å²) < 4.78 is 1.79. The van der Waals surface area contributed by atoms with Crippen molar-refractivity contribution in [1.82, 2.24) is 40.4 Å². The van der Waals surface area contributed by atoms with E-state index in [1.165, 1.54) is 0 Å². The van der Waals surface area contributed by atoms with Crippen LogP contribution in [0, 0.1) is 17.2 Å². The maximum absolute atomic E-state index is 13.7. The molecule has 3 N–H and O–H groups in total. The lowest BCUT2D eigenvalue weighted by molar-refractivity contribution is -0.134. The Kier molecular flexibility index (Phi) is 8.80. The Morgan fingerprint density at radius 2 is 1.76 bits per heavy atom. The summed E-state index contributed by atoms with van der Waals surface area (Å²) in [4.78, 5) is 49.1. The van der Waals surface area contributed by atoms with Crippen molar-refractivity contribution in [3.63, 3.8) is 0 Å². The van der Waals surface area contributed by atoms with Crippen LogP contribution in [-0.4, -0.2) is 73.2 Å². The van der Waals surface area contributed by atoms with E-state index in [1.54, 1.807) is 34.3 Å². The molecule has 2 aliphatic heterocycles. The van der Waals surface area contributed by atoms with Gasteiger partial charge in [0.15, 0.2) is 5.01 Å². The van der Waals surface area contributed by atoms with Crippen LogP contribution in [0.15, 0.2) is 55.0 Å². The van der Waals surface area contributed by atoms with E-state index < -0.39 is 0 Å². The third-order valence-electron chi connectivity index (χ3n) is 12.4.